The molecular formula is C18H17ClN4O5. The Hall–Kier alpha value is -3.43. The van der Waals surface area contributed by atoms with Crippen molar-refractivity contribution in [3.8, 4) is 0 Å². The van der Waals surface area contributed by atoms with Gasteiger partial charge in [-0.25, -0.2) is 14.6 Å². The molecule has 0 spiro atoms. The molecule has 4 N–H and O–H groups in total. The SMILES string of the molecule is Cl.Cn1c(=O)oc2ccc(CN)cc21.O=C(O)c1nc2ccccc2c(=O)[nH]1. The summed E-state index contributed by atoms with van der Waals surface area (Å²) in [4.78, 5) is 39.0. The van der Waals surface area contributed by atoms with Crippen LogP contribution in [0.3, 0.4) is 0 Å². The van der Waals surface area contributed by atoms with Crippen molar-refractivity contribution < 1.29 is 14.3 Å². The monoisotopic (exact) mass is 404 g/mol. The Labute approximate surface area is 163 Å². The van der Waals surface area contributed by atoms with E-state index in [4.69, 9.17) is 15.3 Å². The van der Waals surface area contributed by atoms with Crippen LogP contribution in [0.5, 0.6) is 0 Å². The van der Waals surface area contributed by atoms with Crippen LogP contribution in [0.2, 0.25) is 0 Å². The fraction of sp³-hybridized carbons (Fsp3) is 0.111. The fourth-order valence-electron chi connectivity index (χ4n) is 2.49. The lowest BCUT2D eigenvalue weighted by Gasteiger charge is -1.97. The van der Waals surface area contributed by atoms with Gasteiger partial charge >= 0.3 is 11.7 Å². The van der Waals surface area contributed by atoms with E-state index in [0.29, 0.717) is 23.0 Å². The Bertz CT molecular complexity index is 1260. The average molecular weight is 405 g/mol. The molecule has 0 atom stereocenters. The predicted molar refractivity (Wildman–Crippen MR) is 106 cm³/mol. The zero-order valence-electron chi connectivity index (χ0n) is 14.7. The van der Waals surface area contributed by atoms with Crippen molar-refractivity contribution in [1.29, 1.82) is 0 Å². The van der Waals surface area contributed by atoms with Crippen LogP contribution >= 0.6 is 12.4 Å². The molecule has 10 heteroatoms. The molecule has 146 valence electrons. The second-order valence-corrected chi connectivity index (χ2v) is 5.67. The maximum absolute atomic E-state index is 11.3. The number of para-hydroxylation sites is 1. The highest BCUT2D eigenvalue weighted by atomic mass is 35.5. The molecule has 0 saturated heterocycles. The van der Waals surface area contributed by atoms with Crippen molar-refractivity contribution in [2.75, 3.05) is 0 Å². The Balaban J connectivity index is 0.000000194. The number of aromatic nitrogens is 3. The van der Waals surface area contributed by atoms with Crippen molar-refractivity contribution >= 4 is 40.4 Å². The van der Waals surface area contributed by atoms with Crippen LogP contribution in [-0.4, -0.2) is 25.6 Å². The van der Waals surface area contributed by atoms with Crippen molar-refractivity contribution in [2.24, 2.45) is 12.8 Å². The third-order valence-electron chi connectivity index (χ3n) is 3.91. The molecule has 4 aromatic rings. The number of fused-ring (bicyclic) bond motifs is 2. The molecule has 0 aliphatic heterocycles. The summed E-state index contributed by atoms with van der Waals surface area (Å²) in [6, 6.07) is 12.0. The molecule has 2 aromatic heterocycles. The number of hydrogen-bond acceptors (Lipinski definition) is 6. The molecule has 0 aliphatic rings. The highest BCUT2D eigenvalue weighted by Gasteiger charge is 2.08. The van der Waals surface area contributed by atoms with Gasteiger partial charge in [0.2, 0.25) is 5.82 Å². The number of carboxylic acid groups (broad SMARTS) is 1. The van der Waals surface area contributed by atoms with Gasteiger partial charge in [0.15, 0.2) is 5.58 Å². The first-order valence-corrected chi connectivity index (χ1v) is 7.91. The van der Waals surface area contributed by atoms with Crippen molar-refractivity contribution in [3.63, 3.8) is 0 Å². The lowest BCUT2D eigenvalue weighted by atomic mass is 10.2. The number of halogens is 1. The summed E-state index contributed by atoms with van der Waals surface area (Å²) in [6.07, 6.45) is 0. The first kappa shape index (κ1) is 20.9. The van der Waals surface area contributed by atoms with E-state index in [9.17, 15) is 14.4 Å². The molecule has 9 nitrogen and oxygen atoms in total. The van der Waals surface area contributed by atoms with Gasteiger partial charge in [0, 0.05) is 13.6 Å². The van der Waals surface area contributed by atoms with Crippen LogP contribution in [0.15, 0.2) is 56.5 Å². The number of nitrogens with one attached hydrogen (secondary N) is 1. The van der Waals surface area contributed by atoms with Crippen molar-refractivity contribution in [3.05, 3.63) is 74.8 Å². The van der Waals surface area contributed by atoms with Crippen LogP contribution in [0.4, 0.5) is 0 Å². The summed E-state index contributed by atoms with van der Waals surface area (Å²) in [6.45, 7) is 0.468. The number of oxazole rings is 1. The van der Waals surface area contributed by atoms with Crippen LogP contribution in [-0.2, 0) is 13.6 Å². The van der Waals surface area contributed by atoms with Gasteiger partial charge in [-0.1, -0.05) is 18.2 Å². The Morgan fingerprint density at radius 2 is 1.96 bits per heavy atom. The number of hydrogen-bond donors (Lipinski definition) is 3. The Kier molecular flexibility index (Phi) is 6.34. The van der Waals surface area contributed by atoms with Gasteiger partial charge in [0.05, 0.1) is 16.4 Å². The summed E-state index contributed by atoms with van der Waals surface area (Å²) in [5.41, 5.74) is 7.80. The minimum atomic E-state index is -1.24. The van der Waals surface area contributed by atoms with Gasteiger partial charge in [0.25, 0.3) is 5.56 Å². The molecule has 0 bridgehead atoms. The van der Waals surface area contributed by atoms with Crippen molar-refractivity contribution in [1.82, 2.24) is 14.5 Å². The minimum absolute atomic E-state index is 0. The number of nitrogens with two attached hydrogens (primary N) is 1. The fourth-order valence-corrected chi connectivity index (χ4v) is 2.49. The summed E-state index contributed by atoms with van der Waals surface area (Å²) >= 11 is 0. The summed E-state index contributed by atoms with van der Waals surface area (Å²) in [5, 5.41) is 9.02. The molecular weight excluding hydrogens is 388 g/mol. The van der Waals surface area contributed by atoms with Gasteiger partial charge in [-0.2, -0.15) is 0 Å². The van der Waals surface area contributed by atoms with E-state index < -0.39 is 11.5 Å². The number of H-pyrrole nitrogens is 1. The molecule has 0 aliphatic carbocycles. The second-order valence-electron chi connectivity index (χ2n) is 5.67. The summed E-state index contributed by atoms with van der Waals surface area (Å²) < 4.78 is 6.43. The third-order valence-corrected chi connectivity index (χ3v) is 3.91. The molecule has 4 rings (SSSR count). The number of nitrogens with zero attached hydrogens (tertiary/aromatic N) is 2. The molecule has 2 heterocycles. The van der Waals surface area contributed by atoms with E-state index in [1.165, 1.54) is 4.57 Å². The van der Waals surface area contributed by atoms with Crippen LogP contribution in [0.1, 0.15) is 16.2 Å². The largest absolute Gasteiger partial charge is 0.475 e. The van der Waals surface area contributed by atoms with Crippen LogP contribution in [0.25, 0.3) is 22.0 Å². The van der Waals surface area contributed by atoms with Crippen molar-refractivity contribution in [2.45, 2.75) is 6.54 Å². The standard InChI is InChI=1S/C9H6N2O3.C9H10N2O2.ClH/c12-8-5-3-1-2-4-6(5)10-7(11-8)9(13)14;1-11-7-4-6(5-10)2-3-8(7)13-9(11)12;/h1-4H,(H,13,14)(H,10,11,12);2-4H,5,10H2,1H3;1H. The van der Waals surface area contributed by atoms with E-state index in [0.717, 1.165) is 11.1 Å². The Morgan fingerprint density at radius 3 is 2.64 bits per heavy atom. The number of aromatic amines is 1. The number of aromatic carboxylic acids is 1. The first-order valence-electron chi connectivity index (χ1n) is 7.91. The molecule has 0 unspecified atom stereocenters. The van der Waals surface area contributed by atoms with E-state index in [1.807, 2.05) is 12.1 Å². The minimum Gasteiger partial charge on any atom is -0.475 e. The molecule has 0 fully saturated rings. The lowest BCUT2D eigenvalue weighted by Crippen LogP contribution is -2.15. The van der Waals surface area contributed by atoms with E-state index in [-0.39, 0.29) is 24.0 Å². The number of rotatable bonds is 2. The molecule has 2 aromatic carbocycles. The van der Waals surface area contributed by atoms with Gasteiger partial charge in [-0.3, -0.25) is 9.36 Å². The van der Waals surface area contributed by atoms with Crippen LogP contribution < -0.4 is 17.0 Å². The van der Waals surface area contributed by atoms with Gasteiger partial charge < -0.3 is 20.2 Å². The first-order chi connectivity index (χ1) is 12.9. The highest BCUT2D eigenvalue weighted by Crippen LogP contribution is 2.13. The van der Waals surface area contributed by atoms with E-state index >= 15 is 0 Å². The van der Waals surface area contributed by atoms with Crippen LogP contribution in [0, 0.1) is 0 Å². The zero-order chi connectivity index (χ0) is 19.6. The third kappa shape index (κ3) is 4.11. The Morgan fingerprint density at radius 1 is 1.25 bits per heavy atom. The average Bonchev–Trinajstić information content (AvgIpc) is 2.95. The number of carbonyl (C=O) groups is 1. The quantitative estimate of drug-likeness (QED) is 0.460. The molecule has 0 amide bonds. The smallest absolute Gasteiger partial charge is 0.419 e. The number of carboxylic acids is 1. The lowest BCUT2D eigenvalue weighted by molar-refractivity contribution is 0.0683. The molecule has 28 heavy (non-hydrogen) atoms. The number of aryl methyl sites for hydroxylation is 1. The van der Waals surface area contributed by atoms with E-state index in [1.54, 1.807) is 37.4 Å². The van der Waals surface area contributed by atoms with Gasteiger partial charge in [-0.05, 0) is 29.8 Å². The molecule has 0 saturated carbocycles. The second kappa shape index (κ2) is 8.51. The summed E-state index contributed by atoms with van der Waals surface area (Å²) in [7, 11) is 1.68. The zero-order valence-corrected chi connectivity index (χ0v) is 15.5. The van der Waals surface area contributed by atoms with E-state index in [2.05, 4.69) is 9.97 Å². The number of benzene rings is 2. The summed E-state index contributed by atoms with van der Waals surface area (Å²) in [5.74, 6) is -1.93. The highest BCUT2D eigenvalue weighted by molar-refractivity contribution is 5.87. The van der Waals surface area contributed by atoms with Gasteiger partial charge in [0.1, 0.15) is 0 Å². The topological polar surface area (TPSA) is 144 Å². The van der Waals surface area contributed by atoms with Gasteiger partial charge in [-0.15, -0.1) is 12.4 Å². The normalized spacial score (nSPS) is 10.2. The predicted octanol–water partition coefficient (Wildman–Crippen LogP) is 1.63. The maximum Gasteiger partial charge on any atom is 0.419 e. The molecule has 0 radical (unpaired) electrons. The maximum atomic E-state index is 11.3.